The van der Waals surface area contributed by atoms with Gasteiger partial charge in [0, 0.05) is 23.1 Å². The van der Waals surface area contributed by atoms with Gasteiger partial charge < -0.3 is 5.32 Å². The van der Waals surface area contributed by atoms with Crippen molar-refractivity contribution in [1.82, 2.24) is 4.90 Å². The molecule has 0 spiro atoms. The number of hydrogen-bond donors (Lipinski definition) is 1. The Balaban J connectivity index is 1.25. The third-order valence-corrected chi connectivity index (χ3v) is 8.31. The van der Waals surface area contributed by atoms with Crippen LogP contribution in [0.4, 0.5) is 5.69 Å². The van der Waals surface area contributed by atoms with Crippen LogP contribution >= 0.6 is 27.5 Å². The van der Waals surface area contributed by atoms with Crippen molar-refractivity contribution in [2.75, 3.05) is 11.9 Å². The molecule has 28 heavy (non-hydrogen) atoms. The first-order chi connectivity index (χ1) is 13.4. The molecule has 0 unspecified atom stereocenters. The number of halogens is 2. The molecular weight excluding hydrogens is 444 g/mol. The number of hydrogen-bond acceptors (Lipinski definition) is 3. The van der Waals surface area contributed by atoms with Gasteiger partial charge in [-0.3, -0.25) is 19.3 Å². The number of imide groups is 1. The van der Waals surface area contributed by atoms with E-state index in [1.165, 1.54) is 4.90 Å². The molecule has 1 aromatic rings. The van der Waals surface area contributed by atoms with Gasteiger partial charge in [0.1, 0.15) is 0 Å². The molecule has 6 atom stereocenters. The van der Waals surface area contributed by atoms with Crippen LogP contribution in [0.3, 0.4) is 0 Å². The maximum Gasteiger partial charge on any atom is 0.233 e. The second kappa shape index (κ2) is 6.42. The summed E-state index contributed by atoms with van der Waals surface area (Å²) in [6.45, 7) is 1.96. The average molecular weight is 464 g/mol. The van der Waals surface area contributed by atoms with Crippen molar-refractivity contribution in [2.24, 2.45) is 35.5 Å². The molecule has 7 heteroatoms. The Kier molecular flexibility index (Phi) is 4.22. The van der Waals surface area contributed by atoms with Crippen molar-refractivity contribution in [3.63, 3.8) is 0 Å². The number of anilines is 1. The van der Waals surface area contributed by atoms with Gasteiger partial charge in [0.2, 0.25) is 17.7 Å². The minimum atomic E-state index is -0.235. The van der Waals surface area contributed by atoms with Crippen LogP contribution in [-0.2, 0) is 14.4 Å². The minimum Gasteiger partial charge on any atom is -0.326 e. The summed E-state index contributed by atoms with van der Waals surface area (Å²) in [5.74, 6) is 0.767. The van der Waals surface area contributed by atoms with Crippen LogP contribution in [0.1, 0.15) is 18.4 Å². The highest BCUT2D eigenvalue weighted by atomic mass is 79.9. The van der Waals surface area contributed by atoms with E-state index in [9.17, 15) is 14.4 Å². The quantitative estimate of drug-likeness (QED) is 0.546. The van der Waals surface area contributed by atoms with Gasteiger partial charge in [0.05, 0.1) is 16.9 Å². The molecule has 2 bridgehead atoms. The predicted molar refractivity (Wildman–Crippen MR) is 109 cm³/mol. The van der Waals surface area contributed by atoms with E-state index in [2.05, 4.69) is 33.4 Å². The lowest BCUT2D eigenvalue weighted by Gasteiger charge is -2.37. The summed E-state index contributed by atoms with van der Waals surface area (Å²) in [7, 11) is 0. The SMILES string of the molecule is Cc1c(NC(=O)CCN2C(=O)[C@@H]3[C@H]4C=C[C@@H]([C@@H]5C[C@@H]45)[C@@H]3C2=O)ccc(Br)c1Cl. The number of benzene rings is 1. The van der Waals surface area contributed by atoms with Gasteiger partial charge >= 0.3 is 0 Å². The number of nitrogens with zero attached hydrogens (tertiary/aromatic N) is 1. The lowest BCUT2D eigenvalue weighted by molar-refractivity contribution is -0.140. The molecule has 3 amide bonds. The molecule has 5 nitrogen and oxygen atoms in total. The van der Waals surface area contributed by atoms with Crippen LogP contribution in [0, 0.1) is 42.4 Å². The van der Waals surface area contributed by atoms with Gasteiger partial charge in [-0.25, -0.2) is 0 Å². The van der Waals surface area contributed by atoms with E-state index in [1.807, 2.05) is 6.92 Å². The van der Waals surface area contributed by atoms with Gasteiger partial charge in [-0.15, -0.1) is 0 Å². The third-order valence-electron chi connectivity index (χ3n) is 6.93. The number of nitrogens with one attached hydrogen (secondary N) is 1. The zero-order chi connectivity index (χ0) is 19.7. The van der Waals surface area contributed by atoms with Crippen LogP contribution in [0.2, 0.25) is 5.02 Å². The first-order valence-corrected chi connectivity index (χ1v) is 10.8. The smallest absolute Gasteiger partial charge is 0.233 e. The van der Waals surface area contributed by atoms with Gasteiger partial charge in [0.25, 0.3) is 0 Å². The Morgan fingerprint density at radius 1 is 1.18 bits per heavy atom. The van der Waals surface area contributed by atoms with E-state index in [0.717, 1.165) is 16.5 Å². The number of carbonyl (C=O) groups is 3. The van der Waals surface area contributed by atoms with Crippen LogP contribution in [0.5, 0.6) is 0 Å². The molecule has 1 saturated heterocycles. The van der Waals surface area contributed by atoms with Crippen molar-refractivity contribution in [3.8, 4) is 0 Å². The maximum atomic E-state index is 12.9. The Morgan fingerprint density at radius 3 is 2.39 bits per heavy atom. The molecule has 4 aliphatic carbocycles. The molecule has 3 fully saturated rings. The second-order valence-electron chi connectivity index (χ2n) is 8.31. The van der Waals surface area contributed by atoms with Crippen LogP contribution in [-0.4, -0.2) is 29.2 Å². The molecule has 2 saturated carbocycles. The normalized spacial score (nSPS) is 34.5. The fraction of sp³-hybridized carbons (Fsp3) is 0.476. The van der Waals surface area contributed by atoms with Gasteiger partial charge in [-0.2, -0.15) is 0 Å². The largest absolute Gasteiger partial charge is 0.326 e. The molecule has 0 radical (unpaired) electrons. The van der Waals surface area contributed by atoms with Gasteiger partial charge in [-0.1, -0.05) is 23.8 Å². The molecule has 146 valence electrons. The number of amides is 3. The molecule has 1 heterocycles. The standard InChI is InChI=1S/C21H20BrClN2O3/c1-9-15(5-4-14(22)19(9)23)24-16(26)6-7-25-20(27)17-10-2-3-11(13-8-12(10)13)18(17)21(25)28/h2-5,10-13,17-18H,6-8H2,1H3,(H,24,26)/t10-,11-,12-,13-,17-,18+/m0/s1. The van der Waals surface area contributed by atoms with Crippen molar-refractivity contribution in [3.05, 3.63) is 39.3 Å². The topological polar surface area (TPSA) is 66.5 Å². The minimum absolute atomic E-state index is 0.0830. The molecule has 1 aliphatic heterocycles. The zero-order valence-electron chi connectivity index (χ0n) is 15.3. The summed E-state index contributed by atoms with van der Waals surface area (Å²) < 4.78 is 0.766. The summed E-state index contributed by atoms with van der Waals surface area (Å²) in [6, 6.07) is 3.55. The number of rotatable bonds is 4. The Hall–Kier alpha value is -1.66. The highest BCUT2D eigenvalue weighted by Crippen LogP contribution is 2.65. The van der Waals surface area contributed by atoms with Crippen LogP contribution in [0.15, 0.2) is 28.8 Å². The monoisotopic (exact) mass is 462 g/mol. The van der Waals surface area contributed by atoms with Gasteiger partial charge in [-0.05, 0) is 70.6 Å². The van der Waals surface area contributed by atoms with Crippen LogP contribution < -0.4 is 5.32 Å². The van der Waals surface area contributed by atoms with Gasteiger partial charge in [0.15, 0.2) is 0 Å². The predicted octanol–water partition coefficient (Wildman–Crippen LogP) is 3.79. The lowest BCUT2D eigenvalue weighted by atomic mass is 9.63. The number of allylic oxidation sites excluding steroid dienone is 2. The van der Waals surface area contributed by atoms with Crippen molar-refractivity contribution >= 4 is 50.9 Å². The summed E-state index contributed by atoms with van der Waals surface area (Å²) in [5.41, 5.74) is 1.40. The van der Waals surface area contributed by atoms with E-state index >= 15 is 0 Å². The van der Waals surface area contributed by atoms with Crippen LogP contribution in [0.25, 0.3) is 0 Å². The number of likely N-dealkylation sites (tertiary alicyclic amines) is 1. The van der Waals surface area contributed by atoms with Crippen molar-refractivity contribution in [1.29, 1.82) is 0 Å². The van der Waals surface area contributed by atoms with E-state index in [0.29, 0.717) is 22.5 Å². The Bertz CT molecular complexity index is 910. The molecule has 5 aliphatic rings. The Morgan fingerprint density at radius 2 is 1.79 bits per heavy atom. The Labute approximate surface area is 176 Å². The lowest BCUT2D eigenvalue weighted by Crippen LogP contribution is -2.40. The summed E-state index contributed by atoms with van der Waals surface area (Å²) >= 11 is 9.56. The average Bonchev–Trinajstić information content (AvgIpc) is 3.46. The van der Waals surface area contributed by atoms with E-state index in [4.69, 9.17) is 11.6 Å². The van der Waals surface area contributed by atoms with E-state index in [-0.39, 0.29) is 54.4 Å². The molecule has 0 aromatic heterocycles. The van der Waals surface area contributed by atoms with Crippen molar-refractivity contribution < 1.29 is 14.4 Å². The summed E-state index contributed by atoms with van der Waals surface area (Å²) in [5, 5.41) is 3.38. The first-order valence-electron chi connectivity index (χ1n) is 9.66. The first kappa shape index (κ1) is 18.4. The molecule has 1 aromatic carbocycles. The molecule has 6 rings (SSSR count). The maximum absolute atomic E-state index is 12.9. The fourth-order valence-corrected chi connectivity index (χ4v) is 6.05. The zero-order valence-corrected chi connectivity index (χ0v) is 17.7. The van der Waals surface area contributed by atoms with E-state index < -0.39 is 0 Å². The highest BCUT2D eigenvalue weighted by molar-refractivity contribution is 9.10. The van der Waals surface area contributed by atoms with E-state index in [1.54, 1.807) is 12.1 Å². The van der Waals surface area contributed by atoms with Crippen molar-refractivity contribution in [2.45, 2.75) is 19.8 Å². The number of carbonyl (C=O) groups excluding carboxylic acids is 3. The fourth-order valence-electron chi connectivity index (χ4n) is 5.45. The second-order valence-corrected chi connectivity index (χ2v) is 9.55. The molecule has 1 N–H and O–H groups in total. The summed E-state index contributed by atoms with van der Waals surface area (Å²) in [6.07, 6.45) is 5.54. The molecular formula is C21H20BrClN2O3. The third kappa shape index (κ3) is 2.61. The highest BCUT2D eigenvalue weighted by Gasteiger charge is 2.66. The summed E-state index contributed by atoms with van der Waals surface area (Å²) in [4.78, 5) is 39.6.